The van der Waals surface area contributed by atoms with E-state index in [-0.39, 0.29) is 154 Å². The lowest BCUT2D eigenvalue weighted by Crippen LogP contribution is -2.29. The minimum atomic E-state index is -1.02. The Morgan fingerprint density at radius 2 is 0.912 bits per heavy atom. The number of benzene rings is 6. The summed E-state index contributed by atoms with van der Waals surface area (Å²) in [5, 5.41) is 0.438. The van der Waals surface area contributed by atoms with E-state index < -0.39 is 71.1 Å². The molecule has 0 radical (unpaired) electrons. The minimum Gasteiger partial charge on any atom is -0.473 e. The number of ether oxygens (including phenoxy) is 7. The van der Waals surface area contributed by atoms with Gasteiger partial charge < -0.3 is 42.3 Å². The fourth-order valence-corrected chi connectivity index (χ4v) is 11.6. The predicted octanol–water partition coefficient (Wildman–Crippen LogP) is 14.7. The van der Waals surface area contributed by atoms with Crippen molar-refractivity contribution in [1.29, 1.82) is 0 Å². The van der Waals surface area contributed by atoms with Gasteiger partial charge in [-0.1, -0.05) is 47.5 Å². The van der Waals surface area contributed by atoms with Crippen LogP contribution in [-0.2, 0) is 49.7 Å². The van der Waals surface area contributed by atoms with Crippen molar-refractivity contribution in [2.24, 2.45) is 0 Å². The largest absolute Gasteiger partial charge is 0.473 e. The van der Waals surface area contributed by atoms with Crippen LogP contribution >= 0.6 is 23.2 Å². The van der Waals surface area contributed by atoms with Crippen molar-refractivity contribution in [2.45, 2.75) is 90.2 Å². The first kappa shape index (κ1) is 62.5. The SMILES string of the molecule is CC(C)O[C@H]1COC[C@H]1n1c(Cc2cc(F)c(-c3cccc(OCc4ccc(Cl)cc4F)n3)cc2F)nc2ccc(C(=O)OC(=O)c3ccc4nc(Cc5cc(F)c(-c6cccc(OCc7ccc(Cl)cc7F)n6)cc5F)n([C@@H]5COC[C@@H]5OC(C)C)c4c3)cc21. The van der Waals surface area contributed by atoms with Gasteiger partial charge in [-0.15, -0.1) is 0 Å². The second kappa shape index (κ2) is 26.6. The lowest BCUT2D eigenvalue weighted by Gasteiger charge is -2.24. The zero-order valence-corrected chi connectivity index (χ0v) is 50.7. The number of imidazole rings is 2. The fraction of sp³-hybridized carbons (Fsp3) is 0.265. The minimum absolute atomic E-state index is 0.0412. The number of fused-ring (bicyclic) bond motifs is 2. The van der Waals surface area contributed by atoms with E-state index in [1.807, 2.05) is 27.7 Å². The molecule has 468 valence electrons. The van der Waals surface area contributed by atoms with Crippen LogP contribution in [0.25, 0.3) is 44.6 Å². The monoisotopic (exact) mass is 1280 g/mol. The molecular formula is C68H56Cl2F6N6O9. The van der Waals surface area contributed by atoms with Crippen LogP contribution in [0.2, 0.25) is 10.0 Å². The van der Waals surface area contributed by atoms with E-state index in [1.54, 1.807) is 33.4 Å². The Labute approximate surface area is 527 Å². The summed E-state index contributed by atoms with van der Waals surface area (Å²) >= 11 is 11.8. The molecular weight excluding hydrogens is 1230 g/mol. The average molecular weight is 1290 g/mol. The third kappa shape index (κ3) is 13.7. The molecule has 0 unspecified atom stereocenters. The zero-order chi connectivity index (χ0) is 63.8. The molecule has 2 fully saturated rings. The van der Waals surface area contributed by atoms with Crippen molar-refractivity contribution in [3.63, 3.8) is 0 Å². The van der Waals surface area contributed by atoms with E-state index in [0.717, 1.165) is 36.4 Å². The van der Waals surface area contributed by atoms with Gasteiger partial charge in [0.1, 0.15) is 72.0 Å². The summed E-state index contributed by atoms with van der Waals surface area (Å²) in [6.45, 7) is 7.78. The molecule has 0 bridgehead atoms. The van der Waals surface area contributed by atoms with Crippen molar-refractivity contribution in [3.8, 4) is 34.3 Å². The van der Waals surface area contributed by atoms with E-state index in [2.05, 4.69) is 9.97 Å². The van der Waals surface area contributed by atoms with Gasteiger partial charge in [0.2, 0.25) is 11.8 Å². The first-order chi connectivity index (χ1) is 43.8. The summed E-state index contributed by atoms with van der Waals surface area (Å²) in [6.07, 6.45) is -1.93. The molecule has 0 spiro atoms. The Hall–Kier alpha value is -8.70. The molecule has 2 aliphatic heterocycles. The molecule has 23 heteroatoms. The van der Waals surface area contributed by atoms with Crippen molar-refractivity contribution in [2.75, 3.05) is 26.4 Å². The maximum absolute atomic E-state index is 16.4. The number of aromatic nitrogens is 6. The van der Waals surface area contributed by atoms with Gasteiger partial charge in [-0.25, -0.2) is 55.9 Å². The molecule has 91 heavy (non-hydrogen) atoms. The standard InChI is InChI=1S/C68H56Cl2F6N6O9/c1-35(2)89-61-33-85-31-59(61)81-57-21-37(13-17-55(57)77-63(81)23-41-19-51(75)45(27-49(41)73)53-7-5-9-65(79-53)87-29-39-11-15-43(69)25-47(39)71)67(83)91-68(84)38-14-18-56-58(22-38)82(60-32-86-34-62(60)90-36(3)4)64(78-56)24-42-20-52(76)46(28-50(42)74)54-8-6-10-66(80-54)88-30-40-12-16-44(70)26-48(40)72/h5-22,25-28,35-36,59-62H,23-24,29-34H2,1-4H3/t59-,60-,61+,62+/m1/s1. The Bertz CT molecular complexity index is 4160. The molecule has 15 nitrogen and oxygen atoms in total. The molecule has 0 N–H and O–H groups in total. The maximum atomic E-state index is 16.4. The summed E-state index contributed by atoms with van der Waals surface area (Å²) in [5.41, 5.74) is 1.63. The molecule has 6 heterocycles. The van der Waals surface area contributed by atoms with Crippen LogP contribution in [0.5, 0.6) is 11.8 Å². The lowest BCUT2D eigenvalue weighted by molar-refractivity contribution is -0.0112. The highest BCUT2D eigenvalue weighted by molar-refractivity contribution is 6.30. The highest BCUT2D eigenvalue weighted by atomic mass is 35.5. The Morgan fingerprint density at radius 1 is 0.495 bits per heavy atom. The van der Waals surface area contributed by atoms with E-state index in [9.17, 15) is 18.4 Å². The van der Waals surface area contributed by atoms with Gasteiger partial charge in [-0.05, 0) is 136 Å². The molecule has 0 aliphatic carbocycles. The van der Waals surface area contributed by atoms with Crippen LogP contribution in [0.3, 0.4) is 0 Å². The quantitative estimate of drug-likeness (QED) is 0.0403. The second-order valence-corrected chi connectivity index (χ2v) is 23.4. The molecule has 6 aromatic carbocycles. The average Bonchev–Trinajstić information content (AvgIpc) is 1.64. The number of pyridine rings is 2. The molecule has 0 saturated carbocycles. The smallest absolute Gasteiger partial charge is 0.346 e. The molecule has 12 rings (SSSR count). The number of hydrogen-bond donors (Lipinski definition) is 0. The number of esters is 2. The van der Waals surface area contributed by atoms with E-state index in [1.165, 1.54) is 72.8 Å². The zero-order valence-electron chi connectivity index (χ0n) is 49.2. The molecule has 0 amide bonds. The Morgan fingerprint density at radius 3 is 1.32 bits per heavy atom. The van der Waals surface area contributed by atoms with Crippen molar-refractivity contribution in [3.05, 3.63) is 223 Å². The van der Waals surface area contributed by atoms with Crippen molar-refractivity contribution < 1.29 is 69.1 Å². The van der Waals surface area contributed by atoms with Crippen LogP contribution in [0.1, 0.15) is 94.4 Å². The van der Waals surface area contributed by atoms with E-state index in [0.29, 0.717) is 22.1 Å². The Kier molecular flexibility index (Phi) is 18.3. The molecule has 4 aromatic heterocycles. The van der Waals surface area contributed by atoms with Crippen LogP contribution in [0.4, 0.5) is 26.3 Å². The molecule has 4 atom stereocenters. The maximum Gasteiger partial charge on any atom is 0.346 e. The van der Waals surface area contributed by atoms with Gasteiger partial charge in [0, 0.05) is 57.3 Å². The lowest BCUT2D eigenvalue weighted by atomic mass is 10.0. The van der Waals surface area contributed by atoms with Gasteiger partial charge in [-0.2, -0.15) is 0 Å². The van der Waals surface area contributed by atoms with Crippen molar-refractivity contribution >= 4 is 57.2 Å². The number of rotatable bonds is 20. The number of carbonyl (C=O) groups is 2. The number of hydrogen-bond acceptors (Lipinski definition) is 13. The fourth-order valence-electron chi connectivity index (χ4n) is 11.3. The highest BCUT2D eigenvalue weighted by Crippen LogP contribution is 2.37. The summed E-state index contributed by atoms with van der Waals surface area (Å²) in [6, 6.07) is 29.4. The predicted molar refractivity (Wildman–Crippen MR) is 325 cm³/mol. The second-order valence-electron chi connectivity index (χ2n) is 22.5. The van der Waals surface area contributed by atoms with E-state index in [4.69, 9.17) is 66.3 Å². The normalized spacial score (nSPS) is 16.6. The summed E-state index contributed by atoms with van der Waals surface area (Å²) < 4.78 is 139. The topological polar surface area (TPSA) is 160 Å². The number of carbonyl (C=O) groups excluding carboxylic acids is 2. The number of halogens is 8. The van der Waals surface area contributed by atoms with Gasteiger partial charge in [-0.3, -0.25) is 0 Å². The first-order valence-electron chi connectivity index (χ1n) is 29.1. The van der Waals surface area contributed by atoms with Crippen LogP contribution in [0.15, 0.2) is 133 Å². The van der Waals surface area contributed by atoms with E-state index >= 15 is 17.6 Å². The van der Waals surface area contributed by atoms with Crippen LogP contribution < -0.4 is 9.47 Å². The Balaban J connectivity index is 0.808. The number of nitrogens with zero attached hydrogens (tertiary/aromatic N) is 6. The summed E-state index contributed by atoms with van der Waals surface area (Å²) in [5.74, 6) is -5.63. The van der Waals surface area contributed by atoms with Gasteiger partial charge in [0.05, 0.1) is 95.3 Å². The molecule has 10 aromatic rings. The first-order valence-corrected chi connectivity index (χ1v) is 29.8. The third-order valence-electron chi connectivity index (χ3n) is 15.5. The van der Waals surface area contributed by atoms with Gasteiger partial charge in [0.25, 0.3) is 0 Å². The van der Waals surface area contributed by atoms with Crippen molar-refractivity contribution in [1.82, 2.24) is 29.1 Å². The highest BCUT2D eigenvalue weighted by Gasteiger charge is 2.37. The summed E-state index contributed by atoms with van der Waals surface area (Å²) in [7, 11) is 0. The van der Waals surface area contributed by atoms with Gasteiger partial charge >= 0.3 is 11.9 Å². The van der Waals surface area contributed by atoms with Crippen LogP contribution in [0, 0.1) is 34.9 Å². The third-order valence-corrected chi connectivity index (χ3v) is 16.0. The molecule has 2 aliphatic rings. The van der Waals surface area contributed by atoms with Crippen LogP contribution in [-0.4, -0.2) is 91.9 Å². The summed E-state index contributed by atoms with van der Waals surface area (Å²) in [4.78, 5) is 46.8. The molecule has 2 saturated heterocycles. The van der Waals surface area contributed by atoms with Gasteiger partial charge in [0.15, 0.2) is 0 Å².